The number of piperidine rings is 1. The highest BCUT2D eigenvalue weighted by molar-refractivity contribution is 6.04. The number of carbonyl (C=O) groups is 2. The van der Waals surface area contributed by atoms with Crippen LogP contribution in [0, 0.1) is 5.92 Å². The van der Waals surface area contributed by atoms with Crippen LogP contribution in [0.4, 0.5) is 5.69 Å². The number of benzene rings is 3. The SMILES string of the molecule is O=C(Nc1ccccc1)c1ccc(C[NH+]2CCC(C(=O)c3ccc4c(c3)OCCO4)CC2)cc1. The molecule has 1 amide bonds. The third-order valence-electron chi connectivity index (χ3n) is 6.59. The van der Waals surface area contributed by atoms with E-state index in [4.69, 9.17) is 9.47 Å². The van der Waals surface area contributed by atoms with Gasteiger partial charge in [-0.1, -0.05) is 30.3 Å². The van der Waals surface area contributed by atoms with Gasteiger partial charge in [-0.15, -0.1) is 0 Å². The minimum atomic E-state index is -0.108. The largest absolute Gasteiger partial charge is 0.486 e. The molecule has 1 fully saturated rings. The summed E-state index contributed by atoms with van der Waals surface area (Å²) in [4.78, 5) is 27.0. The zero-order chi connectivity index (χ0) is 23.3. The number of ketones is 1. The van der Waals surface area contributed by atoms with Gasteiger partial charge in [-0.25, -0.2) is 0 Å². The van der Waals surface area contributed by atoms with E-state index >= 15 is 0 Å². The Labute approximate surface area is 199 Å². The maximum Gasteiger partial charge on any atom is 0.255 e. The van der Waals surface area contributed by atoms with E-state index in [1.165, 1.54) is 10.5 Å². The molecule has 1 saturated heterocycles. The second-order valence-electron chi connectivity index (χ2n) is 8.94. The Kier molecular flexibility index (Phi) is 6.58. The molecule has 34 heavy (non-hydrogen) atoms. The summed E-state index contributed by atoms with van der Waals surface area (Å²) in [6.07, 6.45) is 1.75. The molecule has 2 aliphatic heterocycles. The van der Waals surface area contributed by atoms with E-state index < -0.39 is 0 Å². The normalized spacial score (nSPS) is 19.3. The first-order valence-electron chi connectivity index (χ1n) is 11.9. The summed E-state index contributed by atoms with van der Waals surface area (Å²) < 4.78 is 11.2. The smallest absolute Gasteiger partial charge is 0.255 e. The zero-order valence-electron chi connectivity index (χ0n) is 19.1. The number of para-hydroxylation sites is 1. The molecule has 0 spiro atoms. The van der Waals surface area contributed by atoms with Crippen LogP contribution in [-0.4, -0.2) is 38.0 Å². The monoisotopic (exact) mass is 457 g/mol. The summed E-state index contributed by atoms with van der Waals surface area (Å²) in [5.74, 6) is 1.52. The number of likely N-dealkylation sites (tertiary alicyclic amines) is 1. The van der Waals surface area contributed by atoms with Crippen molar-refractivity contribution in [1.29, 1.82) is 0 Å². The summed E-state index contributed by atoms with van der Waals surface area (Å²) in [7, 11) is 0. The zero-order valence-corrected chi connectivity index (χ0v) is 19.1. The molecule has 0 aliphatic carbocycles. The van der Waals surface area contributed by atoms with Gasteiger partial charge in [-0.3, -0.25) is 9.59 Å². The van der Waals surface area contributed by atoms with Crippen molar-refractivity contribution in [2.75, 3.05) is 31.6 Å². The van der Waals surface area contributed by atoms with Gasteiger partial charge in [0.15, 0.2) is 17.3 Å². The Morgan fingerprint density at radius 2 is 1.50 bits per heavy atom. The van der Waals surface area contributed by atoms with Crippen molar-refractivity contribution in [3.05, 3.63) is 89.5 Å². The predicted octanol–water partition coefficient (Wildman–Crippen LogP) is 3.39. The van der Waals surface area contributed by atoms with E-state index in [1.807, 2.05) is 72.8 Å². The molecule has 6 nitrogen and oxygen atoms in total. The summed E-state index contributed by atoms with van der Waals surface area (Å²) >= 11 is 0. The molecule has 0 atom stereocenters. The number of hydrogen-bond acceptors (Lipinski definition) is 4. The van der Waals surface area contributed by atoms with E-state index in [-0.39, 0.29) is 17.6 Å². The van der Waals surface area contributed by atoms with E-state index in [0.29, 0.717) is 35.8 Å². The summed E-state index contributed by atoms with van der Waals surface area (Å²) in [5.41, 5.74) is 3.34. The summed E-state index contributed by atoms with van der Waals surface area (Å²) in [5, 5.41) is 2.91. The van der Waals surface area contributed by atoms with E-state index in [1.54, 1.807) is 0 Å². The number of ether oxygens (including phenoxy) is 2. The van der Waals surface area contributed by atoms with Gasteiger partial charge in [-0.2, -0.15) is 0 Å². The van der Waals surface area contributed by atoms with E-state index in [0.717, 1.165) is 38.2 Å². The number of hydrogen-bond donors (Lipinski definition) is 2. The first kappa shape index (κ1) is 22.2. The summed E-state index contributed by atoms with van der Waals surface area (Å²) in [6, 6.07) is 22.8. The number of amides is 1. The molecule has 0 aromatic heterocycles. The number of Topliss-reactive ketones (excluding diaryl/α,β-unsaturated/α-hetero) is 1. The molecule has 0 unspecified atom stereocenters. The van der Waals surface area contributed by atoms with Gasteiger partial charge < -0.3 is 19.7 Å². The number of fused-ring (bicyclic) bond motifs is 1. The predicted molar refractivity (Wildman–Crippen MR) is 130 cm³/mol. The topological polar surface area (TPSA) is 69.1 Å². The fraction of sp³-hybridized carbons (Fsp3) is 0.286. The molecule has 5 rings (SSSR count). The fourth-order valence-corrected chi connectivity index (χ4v) is 4.68. The maximum absolute atomic E-state index is 13.0. The lowest BCUT2D eigenvalue weighted by Gasteiger charge is -2.29. The molecule has 6 heteroatoms. The number of nitrogens with one attached hydrogen (secondary N) is 2. The quantitative estimate of drug-likeness (QED) is 0.557. The maximum atomic E-state index is 13.0. The van der Waals surface area contributed by atoms with Crippen LogP contribution in [-0.2, 0) is 6.54 Å². The van der Waals surface area contributed by atoms with Crippen LogP contribution in [0.2, 0.25) is 0 Å². The highest BCUT2D eigenvalue weighted by Crippen LogP contribution is 2.32. The molecule has 3 aromatic rings. The minimum absolute atomic E-state index is 0.0513. The highest BCUT2D eigenvalue weighted by Gasteiger charge is 2.29. The van der Waals surface area contributed by atoms with Crippen molar-refractivity contribution in [2.24, 2.45) is 5.92 Å². The molecular weight excluding hydrogens is 428 g/mol. The Morgan fingerprint density at radius 1 is 0.824 bits per heavy atom. The Balaban J connectivity index is 1.13. The molecule has 0 bridgehead atoms. The second kappa shape index (κ2) is 10.1. The molecule has 3 aromatic carbocycles. The van der Waals surface area contributed by atoms with Gasteiger partial charge in [0.25, 0.3) is 5.91 Å². The molecule has 0 radical (unpaired) electrons. The van der Waals surface area contributed by atoms with Crippen LogP contribution in [0.25, 0.3) is 0 Å². The first-order valence-corrected chi connectivity index (χ1v) is 11.9. The second-order valence-corrected chi connectivity index (χ2v) is 8.94. The van der Waals surface area contributed by atoms with Crippen LogP contribution in [0.3, 0.4) is 0 Å². The first-order chi connectivity index (χ1) is 16.7. The number of quaternary nitrogens is 1. The van der Waals surface area contributed by atoms with Crippen LogP contribution in [0.1, 0.15) is 39.1 Å². The van der Waals surface area contributed by atoms with Crippen molar-refractivity contribution in [3.63, 3.8) is 0 Å². The van der Waals surface area contributed by atoms with Crippen LogP contribution >= 0.6 is 0 Å². The molecule has 174 valence electrons. The standard InChI is InChI=1S/C28H28N2O4/c31-27(23-10-11-25-26(18-23)34-17-16-33-25)21-12-14-30(15-13-21)19-20-6-8-22(9-7-20)28(32)29-24-4-2-1-3-5-24/h1-11,18,21H,12-17,19H2,(H,29,32)/p+1. The van der Waals surface area contributed by atoms with Gasteiger partial charge in [0.1, 0.15) is 19.8 Å². The third kappa shape index (κ3) is 5.13. The van der Waals surface area contributed by atoms with Crippen LogP contribution < -0.4 is 19.7 Å². The number of rotatable bonds is 6. The average molecular weight is 458 g/mol. The summed E-state index contributed by atoms with van der Waals surface area (Å²) in [6.45, 7) is 3.87. The van der Waals surface area contributed by atoms with Gasteiger partial charge in [-0.05, 0) is 42.5 Å². The fourth-order valence-electron chi connectivity index (χ4n) is 4.68. The van der Waals surface area contributed by atoms with Crippen molar-refractivity contribution < 1.29 is 24.0 Å². The van der Waals surface area contributed by atoms with E-state index in [2.05, 4.69) is 5.32 Å². The lowest BCUT2D eigenvalue weighted by molar-refractivity contribution is -0.919. The number of anilines is 1. The Hall–Kier alpha value is -3.64. The van der Waals surface area contributed by atoms with Crippen molar-refractivity contribution >= 4 is 17.4 Å². The number of carbonyl (C=O) groups excluding carboxylic acids is 2. The van der Waals surface area contributed by atoms with Crippen molar-refractivity contribution in [3.8, 4) is 11.5 Å². The van der Waals surface area contributed by atoms with Crippen molar-refractivity contribution in [2.45, 2.75) is 19.4 Å². The average Bonchev–Trinajstić information content (AvgIpc) is 2.89. The van der Waals surface area contributed by atoms with E-state index in [9.17, 15) is 9.59 Å². The van der Waals surface area contributed by atoms with Gasteiger partial charge in [0.05, 0.1) is 13.1 Å². The molecule has 0 saturated carbocycles. The third-order valence-corrected chi connectivity index (χ3v) is 6.59. The Morgan fingerprint density at radius 3 is 2.24 bits per heavy atom. The molecule has 2 N–H and O–H groups in total. The van der Waals surface area contributed by atoms with Crippen molar-refractivity contribution in [1.82, 2.24) is 0 Å². The lowest BCUT2D eigenvalue weighted by Crippen LogP contribution is -3.11. The minimum Gasteiger partial charge on any atom is -0.486 e. The molecular formula is C28H29N2O4+. The van der Waals surface area contributed by atoms with Crippen LogP contribution in [0.15, 0.2) is 72.8 Å². The molecule has 2 aliphatic rings. The van der Waals surface area contributed by atoms with Crippen LogP contribution in [0.5, 0.6) is 11.5 Å². The van der Waals surface area contributed by atoms with Gasteiger partial charge in [0.2, 0.25) is 0 Å². The Bertz CT molecular complexity index is 1150. The van der Waals surface area contributed by atoms with Gasteiger partial charge >= 0.3 is 0 Å². The lowest BCUT2D eigenvalue weighted by atomic mass is 9.88. The highest BCUT2D eigenvalue weighted by atomic mass is 16.6. The van der Waals surface area contributed by atoms with Gasteiger partial charge in [0, 0.05) is 41.1 Å². The molecule has 2 heterocycles.